The lowest BCUT2D eigenvalue weighted by atomic mass is 10.1. The standard InChI is InChI=1S/C18H22N4O8/c1-18(2,3)19-14(23)8-20(4)15(24)10-29-16(25)9-21-12-6-5-11(22(27)28)7-13(12)30-17(21)26/h5-7H,8-10H2,1-4H3,(H,19,23). The van der Waals surface area contributed by atoms with Gasteiger partial charge < -0.3 is 19.4 Å². The summed E-state index contributed by atoms with van der Waals surface area (Å²) in [6.45, 7) is 4.02. The van der Waals surface area contributed by atoms with Crippen LogP contribution < -0.4 is 11.1 Å². The molecule has 0 fully saturated rings. The zero-order valence-corrected chi connectivity index (χ0v) is 17.0. The van der Waals surface area contributed by atoms with Gasteiger partial charge in [0, 0.05) is 18.7 Å². The number of ether oxygens (including phenoxy) is 1. The van der Waals surface area contributed by atoms with Crippen LogP contribution in [0.2, 0.25) is 0 Å². The maximum atomic E-state index is 12.0. The Bertz CT molecular complexity index is 1050. The quantitative estimate of drug-likeness (QED) is 0.382. The summed E-state index contributed by atoms with van der Waals surface area (Å²) in [6.07, 6.45) is 0. The van der Waals surface area contributed by atoms with Gasteiger partial charge in [-0.05, 0) is 26.8 Å². The molecular formula is C18H22N4O8. The molecule has 0 saturated heterocycles. The van der Waals surface area contributed by atoms with Crippen molar-refractivity contribution in [3.05, 3.63) is 38.9 Å². The number of nitro groups is 1. The van der Waals surface area contributed by atoms with Crippen LogP contribution in [0.3, 0.4) is 0 Å². The van der Waals surface area contributed by atoms with Crippen molar-refractivity contribution in [1.29, 1.82) is 0 Å². The van der Waals surface area contributed by atoms with Gasteiger partial charge in [0.15, 0.2) is 12.2 Å². The minimum atomic E-state index is -0.898. The molecule has 30 heavy (non-hydrogen) atoms. The van der Waals surface area contributed by atoms with E-state index in [4.69, 9.17) is 9.15 Å². The molecule has 2 amide bonds. The number of benzene rings is 1. The summed E-state index contributed by atoms with van der Waals surface area (Å²) in [5, 5.41) is 13.5. The van der Waals surface area contributed by atoms with Gasteiger partial charge in [-0.25, -0.2) is 4.79 Å². The lowest BCUT2D eigenvalue weighted by Crippen LogP contribution is -2.47. The zero-order valence-electron chi connectivity index (χ0n) is 17.0. The molecule has 0 spiro atoms. The number of nitro benzene ring substituents is 1. The third kappa shape index (κ3) is 5.90. The van der Waals surface area contributed by atoms with Crippen molar-refractivity contribution >= 4 is 34.6 Å². The SMILES string of the molecule is CN(CC(=O)NC(C)(C)C)C(=O)COC(=O)Cn1c(=O)oc2cc([N+](=O)[O-])ccc21. The summed E-state index contributed by atoms with van der Waals surface area (Å²) in [5.41, 5.74) is -0.600. The molecule has 0 unspecified atom stereocenters. The monoisotopic (exact) mass is 422 g/mol. The average molecular weight is 422 g/mol. The Morgan fingerprint density at radius 3 is 2.57 bits per heavy atom. The smallest absolute Gasteiger partial charge is 0.420 e. The molecule has 1 heterocycles. The molecule has 12 heteroatoms. The highest BCUT2D eigenvalue weighted by atomic mass is 16.6. The van der Waals surface area contributed by atoms with Crippen LogP contribution in [0.1, 0.15) is 20.8 Å². The molecular weight excluding hydrogens is 400 g/mol. The largest absolute Gasteiger partial charge is 0.454 e. The van der Waals surface area contributed by atoms with E-state index in [9.17, 15) is 29.3 Å². The summed E-state index contributed by atoms with van der Waals surface area (Å²) >= 11 is 0. The molecule has 0 atom stereocenters. The number of non-ortho nitro benzene ring substituents is 1. The Kier molecular flexibility index (Phi) is 6.59. The van der Waals surface area contributed by atoms with Crippen LogP contribution in [0.5, 0.6) is 0 Å². The van der Waals surface area contributed by atoms with Gasteiger partial charge in [-0.3, -0.25) is 29.1 Å². The van der Waals surface area contributed by atoms with E-state index >= 15 is 0 Å². The molecule has 2 aromatic rings. The van der Waals surface area contributed by atoms with E-state index in [0.717, 1.165) is 15.5 Å². The summed E-state index contributed by atoms with van der Waals surface area (Å²) in [6, 6.07) is 3.51. The summed E-state index contributed by atoms with van der Waals surface area (Å²) in [4.78, 5) is 59.1. The molecule has 0 aliphatic rings. The van der Waals surface area contributed by atoms with Crippen molar-refractivity contribution in [2.24, 2.45) is 0 Å². The molecule has 12 nitrogen and oxygen atoms in total. The van der Waals surface area contributed by atoms with E-state index in [1.807, 2.05) is 0 Å². The second kappa shape index (κ2) is 8.76. The number of amides is 2. The van der Waals surface area contributed by atoms with Crippen LogP contribution in [0.4, 0.5) is 5.69 Å². The molecule has 0 aliphatic heterocycles. The van der Waals surface area contributed by atoms with Crippen molar-refractivity contribution in [3.63, 3.8) is 0 Å². The van der Waals surface area contributed by atoms with Gasteiger partial charge in [0.1, 0.15) is 6.54 Å². The van der Waals surface area contributed by atoms with Crippen molar-refractivity contribution in [2.45, 2.75) is 32.9 Å². The third-order valence-corrected chi connectivity index (χ3v) is 3.83. The van der Waals surface area contributed by atoms with Crippen LogP contribution in [-0.4, -0.2) is 57.9 Å². The molecule has 0 bridgehead atoms. The minimum absolute atomic E-state index is 0.0531. The number of aromatic nitrogens is 1. The van der Waals surface area contributed by atoms with Gasteiger partial charge in [0.2, 0.25) is 5.91 Å². The van der Waals surface area contributed by atoms with Gasteiger partial charge in [-0.15, -0.1) is 0 Å². The molecule has 1 N–H and O–H groups in total. The first-order chi connectivity index (χ1) is 13.9. The molecule has 1 aromatic heterocycles. The first-order valence-corrected chi connectivity index (χ1v) is 8.86. The van der Waals surface area contributed by atoms with Crippen LogP contribution in [0.25, 0.3) is 11.1 Å². The number of rotatable bonds is 7. The predicted molar refractivity (Wildman–Crippen MR) is 104 cm³/mol. The van der Waals surface area contributed by atoms with Gasteiger partial charge in [0.25, 0.3) is 11.6 Å². The van der Waals surface area contributed by atoms with E-state index in [2.05, 4.69) is 5.32 Å². The Morgan fingerprint density at radius 1 is 1.30 bits per heavy atom. The highest BCUT2D eigenvalue weighted by Crippen LogP contribution is 2.20. The maximum absolute atomic E-state index is 12.0. The second-order valence-corrected chi connectivity index (χ2v) is 7.57. The number of oxazole rings is 1. The number of hydrogen-bond donors (Lipinski definition) is 1. The van der Waals surface area contributed by atoms with Crippen LogP contribution in [0.15, 0.2) is 27.4 Å². The molecule has 0 saturated carbocycles. The highest BCUT2D eigenvalue weighted by Gasteiger charge is 2.20. The number of nitrogens with zero attached hydrogens (tertiary/aromatic N) is 3. The van der Waals surface area contributed by atoms with E-state index in [0.29, 0.717) is 0 Å². The Morgan fingerprint density at radius 2 is 1.97 bits per heavy atom. The van der Waals surface area contributed by atoms with Crippen molar-refractivity contribution in [1.82, 2.24) is 14.8 Å². The second-order valence-electron chi connectivity index (χ2n) is 7.57. The summed E-state index contributed by atoms with van der Waals surface area (Å²) in [5.74, 6) is -2.76. The summed E-state index contributed by atoms with van der Waals surface area (Å²) < 4.78 is 10.7. The van der Waals surface area contributed by atoms with Crippen LogP contribution >= 0.6 is 0 Å². The highest BCUT2D eigenvalue weighted by molar-refractivity contribution is 5.86. The molecule has 1 aromatic carbocycles. The topological polar surface area (TPSA) is 154 Å². The van der Waals surface area contributed by atoms with Crippen LogP contribution in [-0.2, 0) is 25.7 Å². The lowest BCUT2D eigenvalue weighted by Gasteiger charge is -2.23. The normalized spacial score (nSPS) is 11.2. The first kappa shape index (κ1) is 22.6. The fraction of sp³-hybridized carbons (Fsp3) is 0.444. The molecule has 162 valence electrons. The minimum Gasteiger partial charge on any atom is -0.454 e. The van der Waals surface area contributed by atoms with Crippen molar-refractivity contribution in [3.8, 4) is 0 Å². The average Bonchev–Trinajstić information content (AvgIpc) is 2.92. The van der Waals surface area contributed by atoms with E-state index in [-0.39, 0.29) is 29.2 Å². The van der Waals surface area contributed by atoms with E-state index < -0.39 is 41.2 Å². The first-order valence-electron chi connectivity index (χ1n) is 8.86. The number of esters is 1. The number of nitrogens with one attached hydrogen (secondary N) is 1. The number of carbonyl (C=O) groups excluding carboxylic acids is 3. The van der Waals surface area contributed by atoms with Gasteiger partial charge >= 0.3 is 11.7 Å². The predicted octanol–water partition coefficient (Wildman–Crippen LogP) is 0.419. The fourth-order valence-electron chi connectivity index (χ4n) is 2.51. The number of likely N-dealkylation sites (N-methyl/N-ethyl adjacent to an activating group) is 1. The fourth-order valence-corrected chi connectivity index (χ4v) is 2.51. The molecule has 2 rings (SSSR count). The maximum Gasteiger partial charge on any atom is 0.420 e. The third-order valence-electron chi connectivity index (χ3n) is 3.83. The summed E-state index contributed by atoms with van der Waals surface area (Å²) in [7, 11) is 1.39. The van der Waals surface area contributed by atoms with Crippen molar-refractivity contribution in [2.75, 3.05) is 20.2 Å². The van der Waals surface area contributed by atoms with Crippen LogP contribution in [0, 0.1) is 10.1 Å². The lowest BCUT2D eigenvalue weighted by molar-refractivity contribution is -0.384. The van der Waals surface area contributed by atoms with E-state index in [1.54, 1.807) is 20.8 Å². The van der Waals surface area contributed by atoms with Crippen molar-refractivity contribution < 1.29 is 28.5 Å². The van der Waals surface area contributed by atoms with Gasteiger partial charge in [-0.2, -0.15) is 0 Å². The zero-order chi connectivity index (χ0) is 22.6. The molecule has 0 radical (unpaired) electrons. The Balaban J connectivity index is 1.95. The number of fused-ring (bicyclic) bond motifs is 1. The Hall–Kier alpha value is -3.70. The van der Waals surface area contributed by atoms with Gasteiger partial charge in [0.05, 0.1) is 23.1 Å². The van der Waals surface area contributed by atoms with Gasteiger partial charge in [-0.1, -0.05) is 0 Å². The molecule has 0 aliphatic carbocycles. The number of hydrogen-bond acceptors (Lipinski definition) is 8. The Labute approximate surface area is 170 Å². The van der Waals surface area contributed by atoms with E-state index in [1.165, 1.54) is 19.2 Å². The number of carbonyl (C=O) groups is 3.